The first-order valence-corrected chi connectivity index (χ1v) is 8.31. The quantitative estimate of drug-likeness (QED) is 0.738. The van der Waals surface area contributed by atoms with Gasteiger partial charge in [0.2, 0.25) is 5.78 Å². The number of anilines is 1. The van der Waals surface area contributed by atoms with Crippen molar-refractivity contribution in [3.8, 4) is 0 Å². The second-order valence-electron chi connectivity index (χ2n) is 6.47. The molecule has 1 aliphatic rings. The molecule has 0 bridgehead atoms. The van der Waals surface area contributed by atoms with Gasteiger partial charge in [0.1, 0.15) is 5.82 Å². The largest absolute Gasteiger partial charge is 0.356 e. The van der Waals surface area contributed by atoms with Crippen molar-refractivity contribution in [2.45, 2.75) is 26.2 Å². The highest BCUT2D eigenvalue weighted by Gasteiger charge is 2.20. The van der Waals surface area contributed by atoms with Crippen molar-refractivity contribution in [1.29, 1.82) is 0 Å². The number of aromatic nitrogens is 3. The van der Waals surface area contributed by atoms with Gasteiger partial charge in [0.25, 0.3) is 0 Å². The lowest BCUT2D eigenvalue weighted by molar-refractivity contribution is 0.332. The summed E-state index contributed by atoms with van der Waals surface area (Å²) in [5.74, 6) is 2.24. The Morgan fingerprint density at radius 2 is 2.00 bits per heavy atom. The molecule has 1 saturated heterocycles. The van der Waals surface area contributed by atoms with E-state index in [1.54, 1.807) is 0 Å². The highest BCUT2D eigenvalue weighted by molar-refractivity contribution is 5.80. The van der Waals surface area contributed by atoms with Crippen LogP contribution in [0.25, 0.3) is 16.8 Å². The third kappa shape index (κ3) is 2.64. The summed E-state index contributed by atoms with van der Waals surface area (Å²) in [5.41, 5.74) is 3.29. The van der Waals surface area contributed by atoms with Crippen LogP contribution in [-0.2, 0) is 0 Å². The molecule has 23 heavy (non-hydrogen) atoms. The van der Waals surface area contributed by atoms with Crippen LogP contribution in [0.5, 0.6) is 0 Å². The van der Waals surface area contributed by atoms with Crippen molar-refractivity contribution in [2.75, 3.05) is 24.7 Å². The maximum atomic E-state index is 12.5. The lowest BCUT2D eigenvalue weighted by Crippen LogP contribution is -2.34. The first kappa shape index (κ1) is 14.4. The lowest BCUT2D eigenvalue weighted by Gasteiger charge is -2.32. The van der Waals surface area contributed by atoms with Crippen molar-refractivity contribution >= 4 is 22.6 Å². The molecule has 120 valence electrons. The molecule has 4 rings (SSSR count). The van der Waals surface area contributed by atoms with E-state index in [-0.39, 0.29) is 6.67 Å². The molecule has 1 aliphatic heterocycles. The monoisotopic (exact) mass is 312 g/mol. The Morgan fingerprint density at radius 1 is 1.17 bits per heavy atom. The van der Waals surface area contributed by atoms with E-state index in [1.165, 1.54) is 5.56 Å². The Labute approximate surface area is 135 Å². The molecule has 0 spiro atoms. The summed E-state index contributed by atoms with van der Waals surface area (Å²) in [6, 6.07) is 8.32. The van der Waals surface area contributed by atoms with Crippen molar-refractivity contribution in [3.63, 3.8) is 0 Å². The van der Waals surface area contributed by atoms with Gasteiger partial charge >= 0.3 is 0 Å². The van der Waals surface area contributed by atoms with E-state index >= 15 is 0 Å². The number of benzene rings is 1. The second-order valence-corrected chi connectivity index (χ2v) is 6.47. The van der Waals surface area contributed by atoms with Crippen LogP contribution in [0.3, 0.4) is 0 Å². The average Bonchev–Trinajstić information content (AvgIpc) is 2.93. The predicted octanol–water partition coefficient (Wildman–Crippen LogP) is 3.77. The number of alkyl halides is 1. The van der Waals surface area contributed by atoms with Gasteiger partial charge in [-0.3, -0.25) is 8.79 Å². The van der Waals surface area contributed by atoms with Gasteiger partial charge in [-0.25, -0.2) is 4.98 Å². The maximum absolute atomic E-state index is 12.5. The highest BCUT2D eigenvalue weighted by atomic mass is 19.1. The summed E-state index contributed by atoms with van der Waals surface area (Å²) in [4.78, 5) is 11.7. The van der Waals surface area contributed by atoms with Gasteiger partial charge in [0.15, 0.2) is 0 Å². The maximum Gasteiger partial charge on any atom is 0.236 e. The number of piperidine rings is 1. The smallest absolute Gasteiger partial charge is 0.236 e. The minimum atomic E-state index is -0.199. The standard InChI is InChI=1S/C18H21FN4/c1-13-2-3-15-16(12-13)23-11-7-17(21-18(23)20-15)22-9-5-14(4-8-19)6-10-22/h2-3,7,11-12,14H,4-6,8-10H2,1H3. The normalized spacial score (nSPS) is 16.5. The van der Waals surface area contributed by atoms with Crippen LogP contribution in [0.2, 0.25) is 0 Å². The first-order chi connectivity index (χ1) is 11.2. The molecule has 0 atom stereocenters. The van der Waals surface area contributed by atoms with Gasteiger partial charge < -0.3 is 4.90 Å². The van der Waals surface area contributed by atoms with Crippen LogP contribution in [0.15, 0.2) is 30.5 Å². The lowest BCUT2D eigenvalue weighted by atomic mass is 9.94. The molecule has 3 aromatic rings. The average molecular weight is 312 g/mol. The fraction of sp³-hybridized carbons (Fsp3) is 0.444. The van der Waals surface area contributed by atoms with E-state index in [1.807, 2.05) is 10.5 Å². The minimum Gasteiger partial charge on any atom is -0.356 e. The number of fused-ring (bicyclic) bond motifs is 3. The number of nitrogens with zero attached hydrogens (tertiary/aromatic N) is 4. The molecule has 1 fully saturated rings. The molecular formula is C18H21FN4. The summed E-state index contributed by atoms with van der Waals surface area (Å²) >= 11 is 0. The van der Waals surface area contributed by atoms with E-state index in [2.05, 4.69) is 41.2 Å². The molecule has 3 heterocycles. The van der Waals surface area contributed by atoms with E-state index in [4.69, 9.17) is 4.98 Å². The van der Waals surface area contributed by atoms with Crippen LogP contribution in [0, 0.1) is 12.8 Å². The Bertz CT molecular complexity index is 834. The molecule has 4 nitrogen and oxygen atoms in total. The molecule has 0 amide bonds. The van der Waals surface area contributed by atoms with Crippen LogP contribution >= 0.6 is 0 Å². The molecule has 0 N–H and O–H groups in total. The second kappa shape index (κ2) is 5.80. The Morgan fingerprint density at radius 3 is 2.78 bits per heavy atom. The molecule has 0 radical (unpaired) electrons. The summed E-state index contributed by atoms with van der Waals surface area (Å²) in [6.45, 7) is 3.79. The molecule has 0 aliphatic carbocycles. The third-order valence-electron chi connectivity index (χ3n) is 4.87. The highest BCUT2D eigenvalue weighted by Crippen LogP contribution is 2.25. The number of hydrogen-bond donors (Lipinski definition) is 0. The molecule has 0 unspecified atom stereocenters. The zero-order valence-electron chi connectivity index (χ0n) is 13.4. The van der Waals surface area contributed by atoms with Gasteiger partial charge in [-0.2, -0.15) is 4.98 Å². The summed E-state index contributed by atoms with van der Waals surface area (Å²) in [7, 11) is 0. The van der Waals surface area contributed by atoms with Crippen molar-refractivity contribution in [1.82, 2.24) is 14.4 Å². The number of hydrogen-bond acceptors (Lipinski definition) is 3. The van der Waals surface area contributed by atoms with E-state index < -0.39 is 0 Å². The summed E-state index contributed by atoms with van der Waals surface area (Å²) in [6.07, 6.45) is 4.85. The Balaban J connectivity index is 1.63. The Kier molecular flexibility index (Phi) is 3.63. The summed E-state index contributed by atoms with van der Waals surface area (Å²) in [5, 5.41) is 0. The first-order valence-electron chi connectivity index (χ1n) is 8.31. The van der Waals surface area contributed by atoms with Gasteiger partial charge in [-0.1, -0.05) is 6.07 Å². The molecule has 5 heteroatoms. The van der Waals surface area contributed by atoms with Crippen molar-refractivity contribution in [2.24, 2.45) is 5.92 Å². The topological polar surface area (TPSA) is 33.4 Å². The molecular weight excluding hydrogens is 291 g/mol. The predicted molar refractivity (Wildman–Crippen MR) is 90.8 cm³/mol. The molecule has 1 aromatic carbocycles. The van der Waals surface area contributed by atoms with Gasteiger partial charge in [0.05, 0.1) is 17.7 Å². The SMILES string of the molecule is Cc1ccc2nc3nc(N4CCC(CCF)CC4)ccn3c2c1. The zero-order valence-corrected chi connectivity index (χ0v) is 13.4. The van der Waals surface area contributed by atoms with Crippen LogP contribution in [-0.4, -0.2) is 34.1 Å². The number of imidazole rings is 1. The molecule has 2 aromatic heterocycles. The van der Waals surface area contributed by atoms with E-state index in [9.17, 15) is 4.39 Å². The van der Waals surface area contributed by atoms with Gasteiger partial charge in [-0.05, 0) is 55.9 Å². The van der Waals surface area contributed by atoms with Crippen molar-refractivity contribution in [3.05, 3.63) is 36.0 Å². The summed E-state index contributed by atoms with van der Waals surface area (Å²) < 4.78 is 14.5. The number of halogens is 1. The fourth-order valence-electron chi connectivity index (χ4n) is 3.48. The van der Waals surface area contributed by atoms with Crippen LogP contribution in [0.1, 0.15) is 24.8 Å². The van der Waals surface area contributed by atoms with Gasteiger partial charge in [-0.15, -0.1) is 0 Å². The minimum absolute atomic E-state index is 0.199. The van der Waals surface area contributed by atoms with Crippen molar-refractivity contribution < 1.29 is 4.39 Å². The number of rotatable bonds is 3. The molecule has 0 saturated carbocycles. The van der Waals surface area contributed by atoms with Crippen LogP contribution in [0.4, 0.5) is 10.2 Å². The number of aryl methyl sites for hydroxylation is 1. The third-order valence-corrected chi connectivity index (χ3v) is 4.87. The van der Waals surface area contributed by atoms with E-state index in [0.717, 1.165) is 48.6 Å². The Hall–Kier alpha value is -2.17. The fourth-order valence-corrected chi connectivity index (χ4v) is 3.48. The van der Waals surface area contributed by atoms with E-state index in [0.29, 0.717) is 12.3 Å². The van der Waals surface area contributed by atoms with Crippen LogP contribution < -0.4 is 4.90 Å². The van der Waals surface area contributed by atoms with Gasteiger partial charge in [0, 0.05) is 19.3 Å². The zero-order chi connectivity index (χ0) is 15.8.